The Morgan fingerprint density at radius 2 is 1.64 bits per heavy atom. The molecule has 0 aromatic carbocycles. The molecule has 122 valence electrons. The van der Waals surface area contributed by atoms with Crippen molar-refractivity contribution in [2.24, 2.45) is 10.8 Å². The summed E-state index contributed by atoms with van der Waals surface area (Å²) in [6.07, 6.45) is 5.57. The van der Waals surface area contributed by atoms with Gasteiger partial charge in [-0.1, -0.05) is 0 Å². The molecule has 0 aromatic heterocycles. The first kappa shape index (κ1) is 15.8. The molecule has 0 aromatic rings. The minimum Gasteiger partial charge on any atom is -0.346 e. The quantitative estimate of drug-likeness (QED) is 0.550. The van der Waals surface area contributed by atoms with Gasteiger partial charge in [-0.15, -0.1) is 0 Å². The standard InChI is InChI=1S/C17H24O5/c1-14(2)12(18)11-10-16(8-6-7-9-16)21-22-17(11,20-5)15(3,4)13(14)19/h10H,6-9H2,1-5H3. The summed E-state index contributed by atoms with van der Waals surface area (Å²) in [6, 6.07) is 0. The summed E-state index contributed by atoms with van der Waals surface area (Å²) >= 11 is 0. The molecular weight excluding hydrogens is 284 g/mol. The van der Waals surface area contributed by atoms with Crippen molar-refractivity contribution in [2.45, 2.75) is 64.8 Å². The van der Waals surface area contributed by atoms with Gasteiger partial charge in [0, 0.05) is 7.11 Å². The highest BCUT2D eigenvalue weighted by Crippen LogP contribution is 2.56. The maximum Gasteiger partial charge on any atom is 0.242 e. The molecule has 3 rings (SSSR count). The molecule has 1 unspecified atom stereocenters. The summed E-state index contributed by atoms with van der Waals surface area (Å²) in [5.74, 6) is -1.90. The zero-order valence-corrected chi connectivity index (χ0v) is 13.9. The Hall–Kier alpha value is -1.04. The first-order chi connectivity index (χ1) is 10.1. The Kier molecular flexibility index (Phi) is 3.24. The fourth-order valence-electron chi connectivity index (χ4n) is 4.20. The highest BCUT2D eigenvalue weighted by atomic mass is 17.2. The third kappa shape index (κ3) is 1.70. The first-order valence-electron chi connectivity index (χ1n) is 7.88. The zero-order chi connectivity index (χ0) is 16.4. The van der Waals surface area contributed by atoms with Crippen molar-refractivity contribution in [1.82, 2.24) is 0 Å². The Balaban J connectivity index is 2.21. The second-order valence-electron chi connectivity index (χ2n) is 7.73. The molecule has 0 saturated heterocycles. The molecule has 0 radical (unpaired) electrons. The predicted molar refractivity (Wildman–Crippen MR) is 78.8 cm³/mol. The number of carbonyl (C=O) groups excluding carboxylic acids is 2. The number of ketones is 2. The molecule has 2 fully saturated rings. The number of rotatable bonds is 1. The monoisotopic (exact) mass is 308 g/mol. The number of fused-ring (bicyclic) bond motifs is 1. The van der Waals surface area contributed by atoms with Crippen molar-refractivity contribution in [2.75, 3.05) is 7.11 Å². The number of carbonyl (C=O) groups is 2. The molecule has 2 saturated carbocycles. The lowest BCUT2D eigenvalue weighted by molar-refractivity contribution is -0.470. The molecule has 0 bridgehead atoms. The maximum atomic E-state index is 13.0. The maximum absolute atomic E-state index is 13.0. The molecule has 5 nitrogen and oxygen atoms in total. The molecule has 1 atom stereocenters. The van der Waals surface area contributed by atoms with E-state index in [1.54, 1.807) is 27.7 Å². The predicted octanol–water partition coefficient (Wildman–Crippen LogP) is 2.73. The minimum atomic E-state index is -1.47. The van der Waals surface area contributed by atoms with Crippen molar-refractivity contribution in [1.29, 1.82) is 0 Å². The fraction of sp³-hybridized carbons (Fsp3) is 0.765. The number of methoxy groups -OCH3 is 1. The van der Waals surface area contributed by atoms with Crippen molar-refractivity contribution >= 4 is 11.6 Å². The van der Waals surface area contributed by atoms with E-state index in [2.05, 4.69) is 0 Å². The molecule has 5 heteroatoms. The van der Waals surface area contributed by atoms with Gasteiger partial charge in [0.15, 0.2) is 11.6 Å². The van der Waals surface area contributed by atoms with Gasteiger partial charge >= 0.3 is 0 Å². The van der Waals surface area contributed by atoms with Crippen molar-refractivity contribution in [3.8, 4) is 0 Å². The average Bonchev–Trinajstić information content (AvgIpc) is 2.92. The summed E-state index contributed by atoms with van der Waals surface area (Å²) in [4.78, 5) is 37.2. The molecule has 0 N–H and O–H groups in total. The van der Waals surface area contributed by atoms with Crippen LogP contribution in [0.2, 0.25) is 0 Å². The summed E-state index contributed by atoms with van der Waals surface area (Å²) in [5, 5.41) is 0. The second kappa shape index (κ2) is 4.49. The van der Waals surface area contributed by atoms with E-state index in [0.717, 1.165) is 25.7 Å². The van der Waals surface area contributed by atoms with Crippen LogP contribution in [0.4, 0.5) is 0 Å². The van der Waals surface area contributed by atoms with E-state index < -0.39 is 22.2 Å². The number of ether oxygens (including phenoxy) is 1. The van der Waals surface area contributed by atoms with Crippen LogP contribution in [-0.4, -0.2) is 30.1 Å². The smallest absolute Gasteiger partial charge is 0.242 e. The Morgan fingerprint density at radius 1 is 1.05 bits per heavy atom. The number of hydrogen-bond donors (Lipinski definition) is 0. The third-order valence-electron chi connectivity index (χ3n) is 5.59. The first-order valence-corrected chi connectivity index (χ1v) is 7.88. The van der Waals surface area contributed by atoms with Crippen LogP contribution in [0, 0.1) is 10.8 Å². The lowest BCUT2D eigenvalue weighted by Gasteiger charge is -2.54. The van der Waals surface area contributed by atoms with Gasteiger partial charge in [0.2, 0.25) is 5.79 Å². The van der Waals surface area contributed by atoms with Gasteiger partial charge in [0.25, 0.3) is 0 Å². The van der Waals surface area contributed by atoms with Crippen LogP contribution in [0.25, 0.3) is 0 Å². The SMILES string of the molecule is COC12OOC3(C=C1C(=O)C(C)(C)C(=O)C2(C)C)CCCC3. The number of Topliss-reactive ketones (excluding diaryl/α,β-unsaturated/α-hetero) is 2. The van der Waals surface area contributed by atoms with Crippen LogP contribution < -0.4 is 0 Å². The third-order valence-corrected chi connectivity index (χ3v) is 5.59. The van der Waals surface area contributed by atoms with E-state index >= 15 is 0 Å². The van der Waals surface area contributed by atoms with Crippen molar-refractivity contribution in [3.63, 3.8) is 0 Å². The van der Waals surface area contributed by atoms with E-state index in [0.29, 0.717) is 5.57 Å². The molecule has 1 heterocycles. The van der Waals surface area contributed by atoms with E-state index in [-0.39, 0.29) is 11.6 Å². The number of hydrogen-bond acceptors (Lipinski definition) is 5. The Labute approximate surface area is 130 Å². The highest BCUT2D eigenvalue weighted by molar-refractivity contribution is 6.19. The van der Waals surface area contributed by atoms with Crippen LogP contribution in [0.15, 0.2) is 11.6 Å². The van der Waals surface area contributed by atoms with Crippen LogP contribution in [0.5, 0.6) is 0 Å². The second-order valence-corrected chi connectivity index (χ2v) is 7.73. The van der Waals surface area contributed by atoms with Gasteiger partial charge in [-0.2, -0.15) is 4.89 Å². The highest BCUT2D eigenvalue weighted by Gasteiger charge is 2.69. The van der Waals surface area contributed by atoms with E-state index in [1.165, 1.54) is 7.11 Å². The molecule has 1 spiro atoms. The Bertz CT molecular complexity index is 566. The van der Waals surface area contributed by atoms with Gasteiger partial charge in [0.1, 0.15) is 5.60 Å². The summed E-state index contributed by atoms with van der Waals surface area (Å²) in [5.41, 5.74) is -2.24. The average molecular weight is 308 g/mol. The van der Waals surface area contributed by atoms with E-state index in [1.807, 2.05) is 6.08 Å². The lowest BCUT2D eigenvalue weighted by atomic mass is 9.57. The molecule has 22 heavy (non-hydrogen) atoms. The largest absolute Gasteiger partial charge is 0.346 e. The summed E-state index contributed by atoms with van der Waals surface area (Å²) in [7, 11) is 1.45. The van der Waals surface area contributed by atoms with Gasteiger partial charge in [0.05, 0.1) is 16.4 Å². The van der Waals surface area contributed by atoms with Gasteiger partial charge in [-0.05, 0) is 59.5 Å². The minimum absolute atomic E-state index is 0.199. The van der Waals surface area contributed by atoms with Gasteiger partial charge in [-0.3, -0.25) is 9.59 Å². The summed E-state index contributed by atoms with van der Waals surface area (Å²) < 4.78 is 5.58. The molecule has 2 aliphatic carbocycles. The van der Waals surface area contributed by atoms with Crippen LogP contribution >= 0.6 is 0 Å². The van der Waals surface area contributed by atoms with Crippen LogP contribution in [0.3, 0.4) is 0 Å². The molecular formula is C17H24O5. The molecule has 3 aliphatic rings. The van der Waals surface area contributed by atoms with E-state index in [4.69, 9.17) is 14.5 Å². The van der Waals surface area contributed by atoms with Crippen LogP contribution in [0.1, 0.15) is 53.4 Å². The topological polar surface area (TPSA) is 61.8 Å². The lowest BCUT2D eigenvalue weighted by Crippen LogP contribution is -2.67. The molecule has 1 aliphatic heterocycles. The van der Waals surface area contributed by atoms with Crippen molar-refractivity contribution < 1.29 is 24.1 Å². The zero-order valence-electron chi connectivity index (χ0n) is 13.9. The Morgan fingerprint density at radius 3 is 2.18 bits per heavy atom. The van der Waals surface area contributed by atoms with E-state index in [9.17, 15) is 9.59 Å². The molecule has 0 amide bonds. The van der Waals surface area contributed by atoms with Crippen molar-refractivity contribution in [3.05, 3.63) is 11.6 Å². The fourth-order valence-corrected chi connectivity index (χ4v) is 4.20. The normalized spacial score (nSPS) is 35.4. The van der Waals surface area contributed by atoms with Gasteiger partial charge in [-0.25, -0.2) is 4.89 Å². The van der Waals surface area contributed by atoms with Crippen LogP contribution in [-0.2, 0) is 24.1 Å². The summed E-state index contributed by atoms with van der Waals surface area (Å²) in [6.45, 7) is 6.85. The van der Waals surface area contributed by atoms with Gasteiger partial charge < -0.3 is 4.74 Å².